The number of benzene rings is 2. The number of non-ortho nitro benzene ring substituents is 1. The summed E-state index contributed by atoms with van der Waals surface area (Å²) in [6.07, 6.45) is 0. The van der Waals surface area contributed by atoms with Crippen LogP contribution in [0, 0.1) is 17.0 Å². The number of anilines is 3. The van der Waals surface area contributed by atoms with Crippen LogP contribution in [-0.2, 0) is 15.0 Å². The molecule has 168 valence electrons. The SMILES string of the molecule is Cc1cc(NC(=O)CN2CCN(c3ccc([N+](=O)[O-])cc3)CC2)cc2c1NC(=O)C2(C)C. The van der Waals surface area contributed by atoms with E-state index in [0.717, 1.165) is 48.7 Å². The summed E-state index contributed by atoms with van der Waals surface area (Å²) in [6, 6.07) is 10.3. The summed E-state index contributed by atoms with van der Waals surface area (Å²) in [6.45, 7) is 8.89. The summed E-state index contributed by atoms with van der Waals surface area (Å²) in [5.41, 5.74) is 3.74. The largest absolute Gasteiger partial charge is 0.369 e. The van der Waals surface area contributed by atoms with Gasteiger partial charge in [0, 0.05) is 55.4 Å². The first-order valence-corrected chi connectivity index (χ1v) is 10.6. The number of hydrogen-bond acceptors (Lipinski definition) is 6. The maximum Gasteiger partial charge on any atom is 0.269 e. The van der Waals surface area contributed by atoms with Crippen molar-refractivity contribution in [3.8, 4) is 0 Å². The first-order chi connectivity index (χ1) is 15.1. The molecule has 2 aliphatic heterocycles. The standard InChI is InChI=1S/C23H27N5O4/c1-15-12-16(13-19-21(15)25-22(30)23(19,2)3)24-20(29)14-26-8-10-27(11-9-26)17-4-6-18(7-5-17)28(31)32/h4-7,12-13H,8-11,14H2,1-3H3,(H,24,29)(H,25,30). The van der Waals surface area contributed by atoms with Gasteiger partial charge in [0.25, 0.3) is 5.69 Å². The van der Waals surface area contributed by atoms with Gasteiger partial charge in [-0.3, -0.25) is 24.6 Å². The molecule has 4 rings (SSSR count). The lowest BCUT2D eigenvalue weighted by atomic mass is 9.85. The molecule has 2 aromatic rings. The number of nitro groups is 1. The highest BCUT2D eigenvalue weighted by Gasteiger charge is 2.39. The number of carbonyl (C=O) groups is 2. The number of fused-ring (bicyclic) bond motifs is 1. The zero-order chi connectivity index (χ0) is 23.0. The molecular formula is C23H27N5O4. The molecule has 0 spiro atoms. The molecule has 0 aliphatic carbocycles. The molecule has 9 heteroatoms. The molecule has 0 radical (unpaired) electrons. The van der Waals surface area contributed by atoms with Crippen LogP contribution < -0.4 is 15.5 Å². The van der Waals surface area contributed by atoms with Crippen molar-refractivity contribution < 1.29 is 14.5 Å². The quantitative estimate of drug-likeness (QED) is 0.550. The first kappa shape index (κ1) is 21.8. The van der Waals surface area contributed by atoms with Gasteiger partial charge in [0.05, 0.1) is 16.9 Å². The van der Waals surface area contributed by atoms with E-state index in [1.165, 1.54) is 12.1 Å². The molecule has 0 bridgehead atoms. The minimum absolute atomic E-state index is 0.0371. The summed E-state index contributed by atoms with van der Waals surface area (Å²) in [4.78, 5) is 39.6. The number of nitrogens with zero attached hydrogens (tertiary/aromatic N) is 3. The van der Waals surface area contributed by atoms with Gasteiger partial charge in [-0.15, -0.1) is 0 Å². The molecule has 2 N–H and O–H groups in total. The fraction of sp³-hybridized carbons (Fsp3) is 0.391. The average molecular weight is 438 g/mol. The van der Waals surface area contributed by atoms with Crippen LogP contribution in [0.4, 0.5) is 22.7 Å². The Kier molecular flexibility index (Phi) is 5.60. The van der Waals surface area contributed by atoms with E-state index in [9.17, 15) is 19.7 Å². The van der Waals surface area contributed by atoms with E-state index in [-0.39, 0.29) is 24.0 Å². The van der Waals surface area contributed by atoms with Gasteiger partial charge >= 0.3 is 0 Å². The highest BCUT2D eigenvalue weighted by Crippen LogP contribution is 2.41. The molecule has 1 fully saturated rings. The third kappa shape index (κ3) is 4.16. The first-order valence-electron chi connectivity index (χ1n) is 10.6. The van der Waals surface area contributed by atoms with E-state index in [4.69, 9.17) is 0 Å². The Balaban J connectivity index is 1.33. The van der Waals surface area contributed by atoms with Crippen molar-refractivity contribution in [2.75, 3.05) is 48.3 Å². The zero-order valence-electron chi connectivity index (χ0n) is 18.5. The summed E-state index contributed by atoms with van der Waals surface area (Å²) in [7, 11) is 0. The Morgan fingerprint density at radius 3 is 2.44 bits per heavy atom. The van der Waals surface area contributed by atoms with Crippen molar-refractivity contribution in [3.63, 3.8) is 0 Å². The van der Waals surface area contributed by atoms with Gasteiger partial charge in [-0.25, -0.2) is 0 Å². The van der Waals surface area contributed by atoms with Crippen LogP contribution in [0.25, 0.3) is 0 Å². The molecule has 1 saturated heterocycles. The number of nitrogens with one attached hydrogen (secondary N) is 2. The number of carbonyl (C=O) groups excluding carboxylic acids is 2. The van der Waals surface area contributed by atoms with Gasteiger partial charge in [0.15, 0.2) is 0 Å². The van der Waals surface area contributed by atoms with Crippen LogP contribution in [-0.4, -0.2) is 54.4 Å². The second kappa shape index (κ2) is 8.23. The van der Waals surface area contributed by atoms with Crippen LogP contribution >= 0.6 is 0 Å². The fourth-order valence-electron chi connectivity index (χ4n) is 4.26. The van der Waals surface area contributed by atoms with Gasteiger partial charge in [0.2, 0.25) is 11.8 Å². The Morgan fingerprint density at radius 1 is 1.16 bits per heavy atom. The number of piperazine rings is 1. The van der Waals surface area contributed by atoms with Crippen molar-refractivity contribution in [2.24, 2.45) is 0 Å². The highest BCUT2D eigenvalue weighted by molar-refractivity contribution is 6.07. The minimum Gasteiger partial charge on any atom is -0.369 e. The molecule has 0 atom stereocenters. The predicted molar refractivity (Wildman–Crippen MR) is 123 cm³/mol. The number of amides is 2. The molecule has 2 aromatic carbocycles. The van der Waals surface area contributed by atoms with Crippen LogP contribution in [0.15, 0.2) is 36.4 Å². The van der Waals surface area contributed by atoms with Gasteiger partial charge in [-0.05, 0) is 56.2 Å². The third-order valence-electron chi connectivity index (χ3n) is 6.26. The topological polar surface area (TPSA) is 108 Å². The summed E-state index contributed by atoms with van der Waals surface area (Å²) in [5, 5.41) is 16.7. The third-order valence-corrected chi connectivity index (χ3v) is 6.26. The van der Waals surface area contributed by atoms with Crippen LogP contribution in [0.5, 0.6) is 0 Å². The number of rotatable bonds is 5. The molecule has 0 unspecified atom stereocenters. The molecule has 32 heavy (non-hydrogen) atoms. The monoisotopic (exact) mass is 437 g/mol. The second-order valence-corrected chi connectivity index (χ2v) is 8.88. The van der Waals surface area contributed by atoms with Crippen LogP contribution in [0.1, 0.15) is 25.0 Å². The molecular weight excluding hydrogens is 410 g/mol. The van der Waals surface area contributed by atoms with Crippen LogP contribution in [0.2, 0.25) is 0 Å². The number of aryl methyl sites for hydroxylation is 1. The predicted octanol–water partition coefficient (Wildman–Crippen LogP) is 2.89. The Morgan fingerprint density at radius 2 is 1.81 bits per heavy atom. The van der Waals surface area contributed by atoms with Gasteiger partial charge in [-0.2, -0.15) is 0 Å². The van der Waals surface area contributed by atoms with Crippen molar-refractivity contribution in [3.05, 3.63) is 57.6 Å². The summed E-state index contributed by atoms with van der Waals surface area (Å²) < 4.78 is 0. The van der Waals surface area contributed by atoms with Gasteiger partial charge < -0.3 is 15.5 Å². The van der Waals surface area contributed by atoms with E-state index < -0.39 is 10.3 Å². The zero-order valence-corrected chi connectivity index (χ0v) is 18.5. The maximum absolute atomic E-state index is 12.7. The Bertz CT molecular complexity index is 1070. The second-order valence-electron chi connectivity index (χ2n) is 8.88. The van der Waals surface area contributed by atoms with Crippen LogP contribution in [0.3, 0.4) is 0 Å². The lowest BCUT2D eigenvalue weighted by Gasteiger charge is -2.35. The van der Waals surface area contributed by atoms with E-state index in [2.05, 4.69) is 20.4 Å². The smallest absolute Gasteiger partial charge is 0.269 e. The number of hydrogen-bond donors (Lipinski definition) is 2. The van der Waals surface area contributed by atoms with E-state index >= 15 is 0 Å². The molecule has 2 aliphatic rings. The normalized spacial score (nSPS) is 17.6. The molecule has 9 nitrogen and oxygen atoms in total. The maximum atomic E-state index is 12.7. The fourth-order valence-corrected chi connectivity index (χ4v) is 4.26. The lowest BCUT2D eigenvalue weighted by molar-refractivity contribution is -0.384. The van der Waals surface area contributed by atoms with E-state index in [1.807, 2.05) is 32.9 Å². The molecule has 2 heterocycles. The Hall–Kier alpha value is -3.46. The number of nitro benzene ring substituents is 1. The van der Waals surface area contributed by atoms with Crippen molar-refractivity contribution in [2.45, 2.75) is 26.2 Å². The Labute approximate surface area is 186 Å². The van der Waals surface area contributed by atoms with Gasteiger partial charge in [0.1, 0.15) is 0 Å². The summed E-state index contributed by atoms with van der Waals surface area (Å²) >= 11 is 0. The van der Waals surface area contributed by atoms with E-state index in [1.54, 1.807) is 12.1 Å². The lowest BCUT2D eigenvalue weighted by Crippen LogP contribution is -2.48. The van der Waals surface area contributed by atoms with Crippen molar-refractivity contribution in [1.82, 2.24) is 4.90 Å². The molecule has 0 aromatic heterocycles. The van der Waals surface area contributed by atoms with E-state index in [0.29, 0.717) is 5.69 Å². The summed E-state index contributed by atoms with van der Waals surface area (Å²) in [5.74, 6) is -0.131. The molecule has 0 saturated carbocycles. The highest BCUT2D eigenvalue weighted by atomic mass is 16.6. The van der Waals surface area contributed by atoms with Gasteiger partial charge in [-0.1, -0.05) is 0 Å². The van der Waals surface area contributed by atoms with Crippen molar-refractivity contribution >= 4 is 34.6 Å². The minimum atomic E-state index is -0.630. The molecule has 2 amide bonds. The average Bonchev–Trinajstić information content (AvgIpc) is 2.98. The van der Waals surface area contributed by atoms with Crippen molar-refractivity contribution in [1.29, 1.82) is 0 Å².